The maximum atomic E-state index is 5.89. The molecule has 0 heterocycles. The minimum atomic E-state index is 0.417. The van der Waals surface area contributed by atoms with E-state index in [0.29, 0.717) is 24.0 Å². The van der Waals surface area contributed by atoms with Gasteiger partial charge in [-0.15, -0.1) is 0 Å². The normalized spacial score (nSPS) is 22.7. The molecule has 3 heteroatoms. The number of nitrogens with one attached hydrogen (secondary N) is 1. The van der Waals surface area contributed by atoms with Gasteiger partial charge >= 0.3 is 0 Å². The summed E-state index contributed by atoms with van der Waals surface area (Å²) in [4.78, 5) is 4.52. The third-order valence-corrected chi connectivity index (χ3v) is 3.52. The number of hydrogen-bond donors (Lipinski definition) is 2. The van der Waals surface area contributed by atoms with Crippen LogP contribution in [0.25, 0.3) is 0 Å². The highest BCUT2D eigenvalue weighted by Gasteiger charge is 2.15. The van der Waals surface area contributed by atoms with Crippen molar-refractivity contribution in [1.82, 2.24) is 5.32 Å². The van der Waals surface area contributed by atoms with Crippen molar-refractivity contribution in [3.8, 4) is 0 Å². The molecule has 3 N–H and O–H groups in total. The van der Waals surface area contributed by atoms with E-state index in [9.17, 15) is 0 Å². The van der Waals surface area contributed by atoms with E-state index in [-0.39, 0.29) is 0 Å². The van der Waals surface area contributed by atoms with Crippen LogP contribution in [0.2, 0.25) is 0 Å². The zero-order chi connectivity index (χ0) is 11.3. The van der Waals surface area contributed by atoms with Gasteiger partial charge in [0.1, 0.15) is 0 Å². The van der Waals surface area contributed by atoms with Gasteiger partial charge in [0.25, 0.3) is 0 Å². The van der Waals surface area contributed by atoms with Crippen LogP contribution in [0.3, 0.4) is 0 Å². The van der Waals surface area contributed by atoms with E-state index >= 15 is 0 Å². The highest BCUT2D eigenvalue weighted by Crippen LogP contribution is 2.20. The van der Waals surface area contributed by atoms with Crippen molar-refractivity contribution in [1.29, 1.82) is 0 Å². The van der Waals surface area contributed by atoms with Crippen LogP contribution in [0.5, 0.6) is 0 Å². The molecule has 3 nitrogen and oxygen atoms in total. The Balaban J connectivity index is 2.36. The van der Waals surface area contributed by atoms with Crippen molar-refractivity contribution in [2.45, 2.75) is 65.0 Å². The summed E-state index contributed by atoms with van der Waals surface area (Å²) in [7, 11) is 0. The van der Waals surface area contributed by atoms with Crippen molar-refractivity contribution >= 4 is 5.96 Å². The fourth-order valence-electron chi connectivity index (χ4n) is 2.00. The van der Waals surface area contributed by atoms with Gasteiger partial charge < -0.3 is 11.1 Å². The van der Waals surface area contributed by atoms with Gasteiger partial charge in [0.2, 0.25) is 0 Å². The third-order valence-electron chi connectivity index (χ3n) is 3.52. The lowest BCUT2D eigenvalue weighted by Gasteiger charge is -2.20. The summed E-state index contributed by atoms with van der Waals surface area (Å²) < 4.78 is 0. The summed E-state index contributed by atoms with van der Waals surface area (Å²) in [5, 5.41) is 3.29. The zero-order valence-corrected chi connectivity index (χ0v) is 10.3. The standard InChI is InChI=1S/C12H25N3/c1-4-9(2)10(3)14-12(13)15-11-7-5-6-8-11/h9-11H,4-8H2,1-3H3,(H3,13,14,15). The smallest absolute Gasteiger partial charge is 0.189 e. The van der Waals surface area contributed by atoms with E-state index < -0.39 is 0 Å². The van der Waals surface area contributed by atoms with Crippen LogP contribution in [0, 0.1) is 5.92 Å². The summed E-state index contributed by atoms with van der Waals surface area (Å²) in [5.74, 6) is 1.28. The Morgan fingerprint density at radius 2 is 2.00 bits per heavy atom. The Labute approximate surface area is 93.5 Å². The molecule has 0 aromatic carbocycles. The Morgan fingerprint density at radius 1 is 1.40 bits per heavy atom. The molecule has 1 saturated carbocycles. The van der Waals surface area contributed by atoms with Crippen LogP contribution >= 0.6 is 0 Å². The SMILES string of the molecule is CCC(C)C(C)NC(N)=NC1CCCC1. The summed E-state index contributed by atoms with van der Waals surface area (Å²) in [5.41, 5.74) is 5.89. The number of guanidine groups is 1. The third kappa shape index (κ3) is 4.10. The van der Waals surface area contributed by atoms with Gasteiger partial charge in [-0.05, 0) is 25.7 Å². The van der Waals surface area contributed by atoms with Gasteiger partial charge in [0.05, 0.1) is 6.04 Å². The number of nitrogens with zero attached hydrogens (tertiary/aromatic N) is 1. The molecule has 0 saturated heterocycles. The van der Waals surface area contributed by atoms with Crippen LogP contribution in [0.4, 0.5) is 0 Å². The molecule has 1 fully saturated rings. The van der Waals surface area contributed by atoms with Gasteiger partial charge in [0.15, 0.2) is 5.96 Å². The highest BCUT2D eigenvalue weighted by atomic mass is 15.1. The van der Waals surface area contributed by atoms with Crippen molar-refractivity contribution in [3.05, 3.63) is 0 Å². The molecular formula is C12H25N3. The van der Waals surface area contributed by atoms with Crippen LogP contribution in [-0.2, 0) is 0 Å². The fraction of sp³-hybridized carbons (Fsp3) is 0.917. The van der Waals surface area contributed by atoms with Crippen LogP contribution in [0.1, 0.15) is 52.9 Å². The Morgan fingerprint density at radius 3 is 2.53 bits per heavy atom. The topological polar surface area (TPSA) is 50.4 Å². The summed E-state index contributed by atoms with van der Waals surface area (Å²) in [6, 6.07) is 0.891. The molecule has 0 spiro atoms. The number of nitrogens with two attached hydrogens (primary N) is 1. The number of rotatable bonds is 4. The molecule has 0 aromatic rings. The molecule has 0 aromatic heterocycles. The van der Waals surface area contributed by atoms with Crippen LogP contribution in [0.15, 0.2) is 4.99 Å². The van der Waals surface area contributed by atoms with Crippen molar-refractivity contribution in [2.24, 2.45) is 16.6 Å². The average Bonchev–Trinajstić information content (AvgIpc) is 2.68. The van der Waals surface area contributed by atoms with Gasteiger partial charge in [0, 0.05) is 6.04 Å². The molecule has 1 aliphatic carbocycles. The average molecular weight is 211 g/mol. The second kappa shape index (κ2) is 5.99. The van der Waals surface area contributed by atoms with E-state index in [4.69, 9.17) is 5.73 Å². The fourth-order valence-corrected chi connectivity index (χ4v) is 2.00. The molecule has 88 valence electrons. The number of aliphatic imine (C=N–C) groups is 1. The van der Waals surface area contributed by atoms with E-state index in [1.165, 1.54) is 32.1 Å². The molecule has 0 bridgehead atoms. The van der Waals surface area contributed by atoms with Gasteiger partial charge in [-0.2, -0.15) is 0 Å². The number of hydrogen-bond acceptors (Lipinski definition) is 1. The lowest BCUT2D eigenvalue weighted by atomic mass is 10.0. The molecule has 15 heavy (non-hydrogen) atoms. The van der Waals surface area contributed by atoms with Crippen molar-refractivity contribution in [3.63, 3.8) is 0 Å². The molecule has 1 rings (SSSR count). The first-order valence-corrected chi connectivity index (χ1v) is 6.23. The van der Waals surface area contributed by atoms with Gasteiger partial charge in [-0.25, -0.2) is 0 Å². The van der Waals surface area contributed by atoms with E-state index in [0.717, 1.165) is 0 Å². The lowest BCUT2D eigenvalue weighted by Crippen LogP contribution is -2.42. The van der Waals surface area contributed by atoms with Crippen molar-refractivity contribution < 1.29 is 0 Å². The van der Waals surface area contributed by atoms with E-state index in [2.05, 4.69) is 31.1 Å². The monoisotopic (exact) mass is 211 g/mol. The molecule has 2 atom stereocenters. The van der Waals surface area contributed by atoms with Gasteiger partial charge in [-0.1, -0.05) is 33.1 Å². The second-order valence-corrected chi connectivity index (χ2v) is 4.77. The Bertz CT molecular complexity index is 207. The molecule has 0 radical (unpaired) electrons. The molecule has 0 amide bonds. The predicted octanol–water partition coefficient (Wildman–Crippen LogP) is 2.27. The quantitative estimate of drug-likeness (QED) is 0.553. The predicted molar refractivity (Wildman–Crippen MR) is 65.9 cm³/mol. The minimum Gasteiger partial charge on any atom is -0.370 e. The van der Waals surface area contributed by atoms with Crippen LogP contribution < -0.4 is 11.1 Å². The molecular weight excluding hydrogens is 186 g/mol. The Hall–Kier alpha value is -0.730. The maximum Gasteiger partial charge on any atom is 0.189 e. The van der Waals surface area contributed by atoms with Crippen molar-refractivity contribution in [2.75, 3.05) is 0 Å². The first-order valence-electron chi connectivity index (χ1n) is 6.23. The summed E-state index contributed by atoms with van der Waals surface area (Å²) in [6.45, 7) is 6.61. The Kier molecular flexibility index (Phi) is 4.92. The maximum absolute atomic E-state index is 5.89. The second-order valence-electron chi connectivity index (χ2n) is 4.77. The molecule has 0 aliphatic heterocycles. The summed E-state index contributed by atoms with van der Waals surface area (Å²) >= 11 is 0. The highest BCUT2D eigenvalue weighted by molar-refractivity contribution is 5.78. The van der Waals surface area contributed by atoms with Gasteiger partial charge in [-0.3, -0.25) is 4.99 Å². The van der Waals surface area contributed by atoms with Crippen LogP contribution in [-0.4, -0.2) is 18.0 Å². The zero-order valence-electron chi connectivity index (χ0n) is 10.3. The molecule has 2 unspecified atom stereocenters. The molecule has 1 aliphatic rings. The van der Waals surface area contributed by atoms with E-state index in [1.807, 2.05) is 0 Å². The first-order chi connectivity index (χ1) is 7.13. The largest absolute Gasteiger partial charge is 0.370 e. The van der Waals surface area contributed by atoms with E-state index in [1.54, 1.807) is 0 Å². The minimum absolute atomic E-state index is 0.417. The lowest BCUT2D eigenvalue weighted by molar-refractivity contribution is 0.435. The summed E-state index contributed by atoms with van der Waals surface area (Å²) in [6.07, 6.45) is 6.20. The first kappa shape index (κ1) is 12.3.